The van der Waals surface area contributed by atoms with E-state index in [0.717, 1.165) is 12.0 Å². The third-order valence-electron chi connectivity index (χ3n) is 5.36. The van der Waals surface area contributed by atoms with Crippen LogP contribution in [0.1, 0.15) is 42.4 Å². The molecule has 4 atom stereocenters. The number of carbonyl (C=O) groups is 1. The van der Waals surface area contributed by atoms with E-state index in [4.69, 9.17) is 0 Å². The van der Waals surface area contributed by atoms with Crippen molar-refractivity contribution in [2.24, 2.45) is 11.8 Å². The first-order valence-corrected chi connectivity index (χ1v) is 8.45. The summed E-state index contributed by atoms with van der Waals surface area (Å²) in [5.74, 6) is 1.45. The molecule has 0 radical (unpaired) electrons. The third kappa shape index (κ3) is 2.44. The Morgan fingerprint density at radius 1 is 1.17 bits per heavy atom. The number of nitrogens with zero attached hydrogens (tertiary/aromatic N) is 1. The Morgan fingerprint density at radius 2 is 1.91 bits per heavy atom. The molecule has 4 rings (SSSR count). The molecule has 2 aromatic rings. The first-order valence-electron chi connectivity index (χ1n) is 8.45. The number of hydrogen-bond acceptors (Lipinski definition) is 2. The summed E-state index contributed by atoms with van der Waals surface area (Å²) >= 11 is 0. The summed E-state index contributed by atoms with van der Waals surface area (Å²) in [6, 6.07) is 12.9. The summed E-state index contributed by atoms with van der Waals surface area (Å²) < 4.78 is 0. The lowest BCUT2D eigenvalue weighted by atomic mass is 9.88. The highest BCUT2D eigenvalue weighted by Gasteiger charge is 2.56. The fraction of sp³-hybridized carbons (Fsp3) is 0.400. The Hall–Kier alpha value is -2.16. The van der Waals surface area contributed by atoms with Gasteiger partial charge in [-0.2, -0.15) is 0 Å². The predicted octanol–water partition coefficient (Wildman–Crippen LogP) is 3.28. The van der Waals surface area contributed by atoms with Gasteiger partial charge in [-0.15, -0.1) is 0 Å². The van der Waals surface area contributed by atoms with Gasteiger partial charge in [0.25, 0.3) is 0 Å². The predicted molar refractivity (Wildman–Crippen MR) is 90.1 cm³/mol. The molecule has 3 nitrogen and oxygen atoms in total. The molecule has 2 aliphatic carbocycles. The number of rotatable bonds is 4. The zero-order valence-electron chi connectivity index (χ0n) is 13.6. The largest absolute Gasteiger partial charge is 0.352 e. The molecule has 1 fully saturated rings. The maximum atomic E-state index is 12.8. The fourth-order valence-corrected chi connectivity index (χ4v) is 4.21. The van der Waals surface area contributed by atoms with Gasteiger partial charge >= 0.3 is 0 Å². The van der Waals surface area contributed by atoms with Gasteiger partial charge in [0.1, 0.15) is 0 Å². The number of aromatic nitrogens is 1. The van der Waals surface area contributed by atoms with Crippen LogP contribution >= 0.6 is 0 Å². The van der Waals surface area contributed by atoms with Crippen LogP contribution in [0.15, 0.2) is 48.8 Å². The highest BCUT2D eigenvalue weighted by atomic mass is 16.2. The molecule has 1 N–H and O–H groups in total. The molecule has 1 heterocycles. The monoisotopic (exact) mass is 306 g/mol. The number of pyridine rings is 1. The van der Waals surface area contributed by atoms with Gasteiger partial charge in [0.15, 0.2) is 0 Å². The van der Waals surface area contributed by atoms with Crippen LogP contribution in [-0.4, -0.2) is 16.9 Å². The molecule has 0 aliphatic heterocycles. The van der Waals surface area contributed by atoms with E-state index >= 15 is 0 Å². The average molecular weight is 306 g/mol. The molecule has 118 valence electrons. The topological polar surface area (TPSA) is 42.0 Å². The second kappa shape index (κ2) is 5.48. The van der Waals surface area contributed by atoms with Crippen molar-refractivity contribution >= 4 is 5.91 Å². The second-order valence-corrected chi connectivity index (χ2v) is 7.13. The van der Waals surface area contributed by atoms with Crippen molar-refractivity contribution in [2.75, 3.05) is 0 Å². The first-order chi connectivity index (χ1) is 11.2. The third-order valence-corrected chi connectivity index (χ3v) is 5.36. The number of nitrogens with one attached hydrogen (secondary N) is 1. The first kappa shape index (κ1) is 14.4. The van der Waals surface area contributed by atoms with Crippen LogP contribution in [-0.2, 0) is 11.2 Å². The minimum absolute atomic E-state index is 0.102. The number of hydrogen-bond donors (Lipinski definition) is 1. The molecule has 3 heteroatoms. The van der Waals surface area contributed by atoms with Gasteiger partial charge in [0.2, 0.25) is 5.91 Å². The second-order valence-electron chi connectivity index (χ2n) is 7.13. The maximum Gasteiger partial charge on any atom is 0.228 e. The summed E-state index contributed by atoms with van der Waals surface area (Å²) in [6.07, 6.45) is 4.63. The van der Waals surface area contributed by atoms with Gasteiger partial charge < -0.3 is 5.32 Å². The van der Waals surface area contributed by atoms with Crippen molar-refractivity contribution in [1.82, 2.24) is 10.3 Å². The highest BCUT2D eigenvalue weighted by Crippen LogP contribution is 2.56. The van der Waals surface area contributed by atoms with Crippen LogP contribution in [0.2, 0.25) is 0 Å². The molecular formula is C20H22N2O. The van der Waals surface area contributed by atoms with Crippen LogP contribution in [0.4, 0.5) is 0 Å². The molecule has 23 heavy (non-hydrogen) atoms. The van der Waals surface area contributed by atoms with E-state index in [9.17, 15) is 4.79 Å². The molecule has 1 saturated carbocycles. The normalized spacial score (nSPS) is 25.6. The van der Waals surface area contributed by atoms with E-state index in [0.29, 0.717) is 17.9 Å². The van der Waals surface area contributed by atoms with E-state index in [1.165, 1.54) is 11.1 Å². The van der Waals surface area contributed by atoms with Gasteiger partial charge in [-0.3, -0.25) is 9.78 Å². The van der Waals surface area contributed by atoms with Gasteiger partial charge in [-0.05, 0) is 47.1 Å². The van der Waals surface area contributed by atoms with Crippen LogP contribution in [0, 0.1) is 11.8 Å². The Bertz CT molecular complexity index is 725. The maximum absolute atomic E-state index is 12.8. The van der Waals surface area contributed by atoms with Crippen molar-refractivity contribution in [2.45, 2.75) is 38.1 Å². The minimum Gasteiger partial charge on any atom is -0.352 e. The van der Waals surface area contributed by atoms with Crippen molar-refractivity contribution in [3.63, 3.8) is 0 Å². The van der Waals surface area contributed by atoms with E-state index < -0.39 is 0 Å². The lowest BCUT2D eigenvalue weighted by molar-refractivity contribution is -0.123. The molecule has 2 aliphatic rings. The SMILES string of the molecule is CC(C)[C@H](C(=O)N[C@@H]1[C@H]2Cc3ccccc3[C@H]21)c1ccncc1. The Kier molecular flexibility index (Phi) is 3.44. The molecule has 1 aromatic carbocycles. The van der Waals surface area contributed by atoms with Crippen molar-refractivity contribution in [3.05, 3.63) is 65.5 Å². The Balaban J connectivity index is 1.49. The zero-order chi connectivity index (χ0) is 16.0. The lowest BCUT2D eigenvalue weighted by Gasteiger charge is -2.21. The van der Waals surface area contributed by atoms with Crippen molar-refractivity contribution in [3.8, 4) is 0 Å². The average Bonchev–Trinajstić information content (AvgIpc) is 3.05. The van der Waals surface area contributed by atoms with Crippen LogP contribution in [0.3, 0.4) is 0 Å². The summed E-state index contributed by atoms with van der Waals surface area (Å²) in [6.45, 7) is 4.21. The summed E-state index contributed by atoms with van der Waals surface area (Å²) in [7, 11) is 0. The van der Waals surface area contributed by atoms with Gasteiger partial charge in [0.05, 0.1) is 5.92 Å². The zero-order valence-corrected chi connectivity index (χ0v) is 13.6. The summed E-state index contributed by atoms with van der Waals surface area (Å²) in [5, 5.41) is 3.32. The molecule has 0 spiro atoms. The van der Waals surface area contributed by atoms with Crippen molar-refractivity contribution < 1.29 is 4.79 Å². The van der Waals surface area contributed by atoms with E-state index in [1.807, 2.05) is 12.1 Å². The van der Waals surface area contributed by atoms with Crippen LogP contribution in [0.5, 0.6) is 0 Å². The van der Waals surface area contributed by atoms with E-state index in [-0.39, 0.29) is 17.7 Å². The highest BCUT2D eigenvalue weighted by molar-refractivity contribution is 5.84. The molecular weight excluding hydrogens is 284 g/mol. The van der Waals surface area contributed by atoms with Gasteiger partial charge in [-0.1, -0.05) is 38.1 Å². The number of carbonyl (C=O) groups excluding carboxylic acids is 1. The molecule has 0 saturated heterocycles. The molecule has 1 aromatic heterocycles. The quantitative estimate of drug-likeness (QED) is 0.942. The molecule has 1 amide bonds. The van der Waals surface area contributed by atoms with Crippen LogP contribution < -0.4 is 5.32 Å². The number of amides is 1. The Labute approximate surface area is 137 Å². The fourth-order valence-electron chi connectivity index (χ4n) is 4.21. The molecule has 0 unspecified atom stereocenters. The minimum atomic E-state index is -0.102. The standard InChI is InChI=1S/C20H22N2O/c1-12(2)17(13-7-9-21-10-8-13)20(23)22-19-16-11-14-5-3-4-6-15(14)18(16)19/h3-10,12,16-19H,11H2,1-2H3,(H,22,23)/t16-,17-,18+,19+/m0/s1. The lowest BCUT2D eigenvalue weighted by Crippen LogP contribution is -2.35. The van der Waals surface area contributed by atoms with Crippen molar-refractivity contribution in [1.29, 1.82) is 0 Å². The van der Waals surface area contributed by atoms with Crippen LogP contribution in [0.25, 0.3) is 0 Å². The van der Waals surface area contributed by atoms with Gasteiger partial charge in [0, 0.05) is 24.4 Å². The molecule has 0 bridgehead atoms. The number of fused-ring (bicyclic) bond motifs is 3. The van der Waals surface area contributed by atoms with E-state index in [2.05, 4.69) is 48.4 Å². The Morgan fingerprint density at radius 3 is 2.65 bits per heavy atom. The number of benzene rings is 1. The van der Waals surface area contributed by atoms with E-state index in [1.54, 1.807) is 12.4 Å². The smallest absolute Gasteiger partial charge is 0.228 e. The summed E-state index contributed by atoms with van der Waals surface area (Å²) in [5.41, 5.74) is 3.95. The van der Waals surface area contributed by atoms with Gasteiger partial charge in [-0.25, -0.2) is 0 Å². The summed E-state index contributed by atoms with van der Waals surface area (Å²) in [4.78, 5) is 16.9.